The number of hydrogen-bond donors (Lipinski definition) is 2. The number of carbonyl (C=O) groups excluding carboxylic acids is 1. The molecule has 0 unspecified atom stereocenters. The number of thiocarbonyl (C=S) groups is 1. The third-order valence-electron chi connectivity index (χ3n) is 5.14. The van der Waals surface area contributed by atoms with Crippen LogP contribution in [0.15, 0.2) is 24.3 Å². The molecule has 1 aliphatic carbocycles. The average molecular weight is 364 g/mol. The van der Waals surface area contributed by atoms with Crippen molar-refractivity contribution in [2.24, 2.45) is 0 Å². The molecule has 1 saturated carbocycles. The van der Waals surface area contributed by atoms with E-state index in [9.17, 15) is 9.18 Å². The summed E-state index contributed by atoms with van der Waals surface area (Å²) >= 11 is 5.56. The van der Waals surface area contributed by atoms with Gasteiger partial charge in [-0.05, 0) is 56.1 Å². The van der Waals surface area contributed by atoms with E-state index in [1.165, 1.54) is 44.2 Å². The molecule has 0 radical (unpaired) electrons. The number of carbonyl (C=O) groups is 1. The summed E-state index contributed by atoms with van der Waals surface area (Å²) in [5.41, 5.74) is 0.372. The molecule has 2 N–H and O–H groups in total. The highest BCUT2D eigenvalue weighted by Gasteiger charge is 2.24. The first-order valence-corrected chi connectivity index (χ1v) is 9.64. The third kappa shape index (κ3) is 5.14. The Balaban J connectivity index is 1.43. The standard InChI is InChI=1S/C19H26FN3OS/c20-15-6-4-5-14(13-15)18(24)21-17-9-11-23(12-10-17)19(25)22-16-7-2-1-3-8-16/h4-6,13,16-17H,1-3,7-12H2,(H,21,24)(H,22,25). The molecule has 0 bridgehead atoms. The Bertz CT molecular complexity index is 610. The van der Waals surface area contributed by atoms with Crippen molar-refractivity contribution in [3.05, 3.63) is 35.6 Å². The second-order valence-electron chi connectivity index (χ2n) is 7.03. The van der Waals surface area contributed by atoms with Gasteiger partial charge >= 0.3 is 0 Å². The van der Waals surface area contributed by atoms with E-state index in [0.29, 0.717) is 11.6 Å². The first kappa shape index (κ1) is 18.1. The maximum Gasteiger partial charge on any atom is 0.251 e. The number of rotatable bonds is 3. The van der Waals surface area contributed by atoms with Gasteiger partial charge in [0.05, 0.1) is 0 Å². The van der Waals surface area contributed by atoms with Crippen LogP contribution in [-0.2, 0) is 0 Å². The van der Waals surface area contributed by atoms with E-state index in [2.05, 4.69) is 15.5 Å². The zero-order valence-electron chi connectivity index (χ0n) is 14.5. The van der Waals surface area contributed by atoms with Crippen LogP contribution < -0.4 is 10.6 Å². The molecular weight excluding hydrogens is 337 g/mol. The number of piperidine rings is 1. The highest BCUT2D eigenvalue weighted by molar-refractivity contribution is 7.80. The highest BCUT2D eigenvalue weighted by atomic mass is 32.1. The largest absolute Gasteiger partial charge is 0.360 e. The second-order valence-corrected chi connectivity index (χ2v) is 7.42. The fourth-order valence-electron chi connectivity index (χ4n) is 3.64. The van der Waals surface area contributed by atoms with Crippen molar-refractivity contribution in [3.8, 4) is 0 Å². The van der Waals surface area contributed by atoms with Gasteiger partial charge in [-0.2, -0.15) is 0 Å². The van der Waals surface area contributed by atoms with Crippen LogP contribution in [-0.4, -0.2) is 41.1 Å². The summed E-state index contributed by atoms with van der Waals surface area (Å²) in [6, 6.07) is 6.44. The highest BCUT2D eigenvalue weighted by Crippen LogP contribution is 2.18. The predicted molar refractivity (Wildman–Crippen MR) is 101 cm³/mol. The fourth-order valence-corrected chi connectivity index (χ4v) is 3.99. The predicted octanol–water partition coefficient (Wildman–Crippen LogP) is 3.23. The van der Waals surface area contributed by atoms with Gasteiger partial charge in [0.1, 0.15) is 5.82 Å². The molecule has 4 nitrogen and oxygen atoms in total. The van der Waals surface area contributed by atoms with E-state index in [4.69, 9.17) is 12.2 Å². The van der Waals surface area contributed by atoms with E-state index in [0.717, 1.165) is 31.0 Å². The van der Waals surface area contributed by atoms with Crippen molar-refractivity contribution in [1.29, 1.82) is 0 Å². The Kier molecular flexibility index (Phi) is 6.24. The fraction of sp³-hybridized carbons (Fsp3) is 0.579. The van der Waals surface area contributed by atoms with Crippen molar-refractivity contribution in [1.82, 2.24) is 15.5 Å². The number of hydrogen-bond acceptors (Lipinski definition) is 2. The molecule has 0 aromatic heterocycles. The zero-order valence-corrected chi connectivity index (χ0v) is 15.3. The lowest BCUT2D eigenvalue weighted by molar-refractivity contribution is 0.0922. The first-order chi connectivity index (χ1) is 12.1. The second kappa shape index (κ2) is 8.61. The van der Waals surface area contributed by atoms with Crippen molar-refractivity contribution in [2.75, 3.05) is 13.1 Å². The third-order valence-corrected chi connectivity index (χ3v) is 5.51. The average Bonchev–Trinajstić information content (AvgIpc) is 2.63. The van der Waals surface area contributed by atoms with Gasteiger partial charge < -0.3 is 15.5 Å². The van der Waals surface area contributed by atoms with Crippen LogP contribution in [0.5, 0.6) is 0 Å². The maximum absolute atomic E-state index is 13.2. The van der Waals surface area contributed by atoms with Gasteiger partial charge in [0, 0.05) is 30.7 Å². The van der Waals surface area contributed by atoms with E-state index >= 15 is 0 Å². The van der Waals surface area contributed by atoms with Gasteiger partial charge in [-0.25, -0.2) is 4.39 Å². The molecule has 1 amide bonds. The molecule has 1 aromatic carbocycles. The summed E-state index contributed by atoms with van der Waals surface area (Å²) < 4.78 is 13.2. The van der Waals surface area contributed by atoms with Gasteiger partial charge in [0.15, 0.2) is 5.11 Å². The van der Waals surface area contributed by atoms with Crippen LogP contribution >= 0.6 is 12.2 Å². The van der Waals surface area contributed by atoms with Gasteiger partial charge in [-0.3, -0.25) is 4.79 Å². The number of amides is 1. The molecule has 6 heteroatoms. The lowest BCUT2D eigenvalue weighted by Gasteiger charge is -2.36. The van der Waals surface area contributed by atoms with E-state index in [1.807, 2.05) is 0 Å². The Morgan fingerprint density at radius 3 is 2.40 bits per heavy atom. The minimum atomic E-state index is -0.387. The molecule has 25 heavy (non-hydrogen) atoms. The number of halogens is 1. The Morgan fingerprint density at radius 1 is 1.04 bits per heavy atom. The molecule has 3 rings (SSSR count). The van der Waals surface area contributed by atoms with Crippen molar-refractivity contribution >= 4 is 23.2 Å². The number of nitrogens with zero attached hydrogens (tertiary/aromatic N) is 1. The Morgan fingerprint density at radius 2 is 1.72 bits per heavy atom. The monoisotopic (exact) mass is 363 g/mol. The lowest BCUT2D eigenvalue weighted by atomic mass is 9.96. The summed E-state index contributed by atoms with van der Waals surface area (Å²) in [5, 5.41) is 7.36. The Labute approximate surface area is 154 Å². The lowest BCUT2D eigenvalue weighted by Crippen LogP contribution is -2.51. The molecule has 1 saturated heterocycles. The molecule has 2 aliphatic rings. The normalized spacial score (nSPS) is 19.5. The van der Waals surface area contributed by atoms with E-state index in [-0.39, 0.29) is 17.8 Å². The molecule has 0 atom stereocenters. The van der Waals surface area contributed by atoms with Crippen LogP contribution in [0.4, 0.5) is 4.39 Å². The quantitative estimate of drug-likeness (QED) is 0.810. The minimum absolute atomic E-state index is 0.115. The van der Waals surface area contributed by atoms with Crippen LogP contribution in [0, 0.1) is 5.82 Å². The molecular formula is C19H26FN3OS. The van der Waals surface area contributed by atoms with Crippen molar-refractivity contribution in [3.63, 3.8) is 0 Å². The molecule has 1 aliphatic heterocycles. The van der Waals surface area contributed by atoms with Crippen LogP contribution in [0.3, 0.4) is 0 Å². The van der Waals surface area contributed by atoms with Gasteiger partial charge in [-0.15, -0.1) is 0 Å². The van der Waals surface area contributed by atoms with E-state index in [1.54, 1.807) is 12.1 Å². The summed E-state index contributed by atoms with van der Waals surface area (Å²) in [4.78, 5) is 14.4. The molecule has 2 fully saturated rings. The summed E-state index contributed by atoms with van der Waals surface area (Å²) in [7, 11) is 0. The number of nitrogens with one attached hydrogen (secondary N) is 2. The number of likely N-dealkylation sites (tertiary alicyclic amines) is 1. The first-order valence-electron chi connectivity index (χ1n) is 9.24. The maximum atomic E-state index is 13.2. The zero-order chi connectivity index (χ0) is 17.6. The molecule has 1 heterocycles. The summed E-state index contributed by atoms with van der Waals surface area (Å²) in [6.07, 6.45) is 8.03. The van der Waals surface area contributed by atoms with E-state index < -0.39 is 0 Å². The van der Waals surface area contributed by atoms with Crippen molar-refractivity contribution in [2.45, 2.75) is 57.0 Å². The minimum Gasteiger partial charge on any atom is -0.360 e. The van der Waals surface area contributed by atoms with Gasteiger partial charge in [0.25, 0.3) is 5.91 Å². The van der Waals surface area contributed by atoms with Crippen LogP contribution in [0.1, 0.15) is 55.3 Å². The number of benzene rings is 1. The van der Waals surface area contributed by atoms with Crippen LogP contribution in [0.2, 0.25) is 0 Å². The summed E-state index contributed by atoms with van der Waals surface area (Å²) in [6.45, 7) is 1.68. The summed E-state index contributed by atoms with van der Waals surface area (Å²) in [5.74, 6) is -0.595. The molecule has 0 spiro atoms. The van der Waals surface area contributed by atoms with Gasteiger partial charge in [-0.1, -0.05) is 25.3 Å². The Hall–Kier alpha value is -1.69. The molecule has 1 aromatic rings. The van der Waals surface area contributed by atoms with Crippen LogP contribution in [0.25, 0.3) is 0 Å². The van der Waals surface area contributed by atoms with Crippen molar-refractivity contribution < 1.29 is 9.18 Å². The van der Waals surface area contributed by atoms with Gasteiger partial charge in [0.2, 0.25) is 0 Å². The smallest absolute Gasteiger partial charge is 0.251 e. The SMILES string of the molecule is O=C(NC1CCN(C(=S)NC2CCCCC2)CC1)c1cccc(F)c1. The topological polar surface area (TPSA) is 44.4 Å². The molecule has 136 valence electrons.